The van der Waals surface area contributed by atoms with E-state index in [-0.39, 0.29) is 30.2 Å². The van der Waals surface area contributed by atoms with Crippen LogP contribution in [0.3, 0.4) is 0 Å². The maximum absolute atomic E-state index is 13.6. The molecule has 0 bridgehead atoms. The Kier molecular flexibility index (Phi) is 8.11. The molecule has 1 aromatic rings. The summed E-state index contributed by atoms with van der Waals surface area (Å²) in [5.41, 5.74) is 0.505. The molecule has 0 N–H and O–H groups in total. The zero-order valence-electron chi connectivity index (χ0n) is 19.0. The third-order valence-corrected chi connectivity index (χ3v) is 7.66. The Bertz CT molecular complexity index is 792. The van der Waals surface area contributed by atoms with Gasteiger partial charge in [0.25, 0.3) is 0 Å². The monoisotopic (exact) mass is 450 g/mol. The molecule has 2 heterocycles. The van der Waals surface area contributed by atoms with Gasteiger partial charge in [-0.3, -0.25) is 9.59 Å². The normalized spacial score (nSPS) is 21.8. The number of morpholine rings is 1. The number of methoxy groups -OCH3 is 1. The van der Waals surface area contributed by atoms with Crippen LogP contribution in [0.4, 0.5) is 5.69 Å². The van der Waals surface area contributed by atoms with E-state index in [0.717, 1.165) is 30.6 Å². The van der Waals surface area contributed by atoms with Crippen molar-refractivity contribution in [3.63, 3.8) is 0 Å². The van der Waals surface area contributed by atoms with Gasteiger partial charge in [-0.15, -0.1) is 11.3 Å². The van der Waals surface area contributed by atoms with Crippen molar-refractivity contribution in [1.29, 1.82) is 0 Å². The predicted octanol–water partition coefficient (Wildman–Crippen LogP) is 3.68. The second-order valence-corrected chi connectivity index (χ2v) is 9.97. The number of carbonyl (C=O) groups excluding carboxylic acids is 3. The van der Waals surface area contributed by atoms with Gasteiger partial charge in [0.2, 0.25) is 11.8 Å². The smallest absolute Gasteiger partial charge is 0.350 e. The van der Waals surface area contributed by atoms with E-state index in [1.807, 2.05) is 19.9 Å². The Morgan fingerprint density at radius 3 is 2.42 bits per heavy atom. The van der Waals surface area contributed by atoms with Gasteiger partial charge >= 0.3 is 5.97 Å². The first-order chi connectivity index (χ1) is 14.8. The fourth-order valence-corrected chi connectivity index (χ4v) is 5.26. The summed E-state index contributed by atoms with van der Waals surface area (Å²) in [6, 6.07) is 1.89. The number of hydrogen-bond acceptors (Lipinski definition) is 6. The van der Waals surface area contributed by atoms with E-state index in [2.05, 4.69) is 6.92 Å². The molecule has 7 nitrogen and oxygen atoms in total. The molecule has 0 radical (unpaired) electrons. The number of hydrogen-bond donors (Lipinski definition) is 0. The summed E-state index contributed by atoms with van der Waals surface area (Å²) in [5, 5.41) is 0. The quantitative estimate of drug-likeness (QED) is 0.618. The molecule has 0 atom stereocenters. The molecule has 3 rings (SSSR count). The summed E-state index contributed by atoms with van der Waals surface area (Å²) < 4.78 is 10.4. The lowest BCUT2D eigenvalue weighted by Crippen LogP contribution is -2.49. The molecule has 0 aromatic carbocycles. The van der Waals surface area contributed by atoms with Crippen LogP contribution in [-0.4, -0.2) is 62.6 Å². The largest absolute Gasteiger partial charge is 0.465 e. The highest BCUT2D eigenvalue weighted by molar-refractivity contribution is 7.14. The third kappa shape index (κ3) is 5.66. The van der Waals surface area contributed by atoms with Crippen LogP contribution in [0.25, 0.3) is 0 Å². The van der Waals surface area contributed by atoms with Crippen molar-refractivity contribution in [1.82, 2.24) is 4.90 Å². The van der Waals surface area contributed by atoms with Crippen molar-refractivity contribution in [2.45, 2.75) is 52.4 Å². The van der Waals surface area contributed by atoms with Gasteiger partial charge in [-0.25, -0.2) is 4.79 Å². The zero-order chi connectivity index (χ0) is 22.5. The van der Waals surface area contributed by atoms with Gasteiger partial charge in [-0.1, -0.05) is 20.8 Å². The Balaban J connectivity index is 1.94. The maximum Gasteiger partial charge on any atom is 0.350 e. The van der Waals surface area contributed by atoms with Gasteiger partial charge in [-0.2, -0.15) is 0 Å². The van der Waals surface area contributed by atoms with Crippen LogP contribution in [0, 0.1) is 11.8 Å². The van der Waals surface area contributed by atoms with Gasteiger partial charge in [0, 0.05) is 23.9 Å². The highest BCUT2D eigenvalue weighted by Crippen LogP contribution is 2.37. The molecule has 2 fully saturated rings. The van der Waals surface area contributed by atoms with E-state index in [1.54, 1.807) is 9.80 Å². The summed E-state index contributed by atoms with van der Waals surface area (Å²) in [6.45, 7) is 8.29. The standard InChI is InChI=1S/C23H34N2O5S/c1-15(2)19-13-18(21(31-19)23(28)29-4)25(14-20(26)24-9-11-30-12-10-24)22(27)17-7-5-16(3)6-8-17/h13,15-17H,5-12,14H2,1-4H3. The minimum atomic E-state index is -0.471. The summed E-state index contributed by atoms with van der Waals surface area (Å²) in [4.78, 5) is 43.9. The van der Waals surface area contributed by atoms with E-state index in [0.29, 0.717) is 42.8 Å². The number of carbonyl (C=O) groups is 3. The third-order valence-electron chi connectivity index (χ3n) is 6.25. The van der Waals surface area contributed by atoms with E-state index in [1.165, 1.54) is 18.4 Å². The average molecular weight is 451 g/mol. The van der Waals surface area contributed by atoms with Gasteiger partial charge in [0.15, 0.2) is 0 Å². The van der Waals surface area contributed by atoms with Gasteiger partial charge in [0.05, 0.1) is 26.0 Å². The van der Waals surface area contributed by atoms with Crippen LogP contribution in [-0.2, 0) is 19.1 Å². The molecule has 1 saturated carbocycles. The van der Waals surface area contributed by atoms with Crippen molar-refractivity contribution >= 4 is 34.8 Å². The maximum atomic E-state index is 13.6. The number of thiophene rings is 1. The predicted molar refractivity (Wildman–Crippen MR) is 121 cm³/mol. The molecule has 31 heavy (non-hydrogen) atoms. The number of amides is 2. The molecule has 0 spiro atoms. The van der Waals surface area contributed by atoms with Crippen molar-refractivity contribution in [3.8, 4) is 0 Å². The Hall–Kier alpha value is -1.93. The highest BCUT2D eigenvalue weighted by Gasteiger charge is 2.34. The second kappa shape index (κ2) is 10.6. The summed E-state index contributed by atoms with van der Waals surface area (Å²) in [6.07, 6.45) is 3.65. The summed E-state index contributed by atoms with van der Waals surface area (Å²) in [7, 11) is 1.34. The SMILES string of the molecule is COC(=O)c1sc(C(C)C)cc1N(CC(=O)N1CCOCC1)C(=O)C1CCC(C)CC1. The van der Waals surface area contributed by atoms with E-state index in [9.17, 15) is 14.4 Å². The molecule has 1 saturated heterocycles. The minimum Gasteiger partial charge on any atom is -0.465 e. The van der Waals surface area contributed by atoms with Crippen molar-refractivity contribution in [2.24, 2.45) is 11.8 Å². The highest BCUT2D eigenvalue weighted by atomic mass is 32.1. The lowest BCUT2D eigenvalue weighted by atomic mass is 9.82. The van der Waals surface area contributed by atoms with E-state index in [4.69, 9.17) is 9.47 Å². The fraction of sp³-hybridized carbons (Fsp3) is 0.696. The topological polar surface area (TPSA) is 76.2 Å². The molecule has 2 aliphatic rings. The van der Waals surface area contributed by atoms with Crippen molar-refractivity contribution in [2.75, 3.05) is 44.9 Å². The summed E-state index contributed by atoms with van der Waals surface area (Å²) >= 11 is 1.34. The van der Waals surface area contributed by atoms with Crippen LogP contribution < -0.4 is 4.90 Å². The Morgan fingerprint density at radius 2 is 1.84 bits per heavy atom. The van der Waals surface area contributed by atoms with Crippen LogP contribution in [0.1, 0.15) is 66.9 Å². The first-order valence-corrected chi connectivity index (χ1v) is 12.0. The van der Waals surface area contributed by atoms with Crippen molar-refractivity contribution < 1.29 is 23.9 Å². The number of esters is 1. The lowest BCUT2D eigenvalue weighted by Gasteiger charge is -2.33. The average Bonchev–Trinajstić information content (AvgIpc) is 3.23. The molecule has 2 amide bonds. The zero-order valence-corrected chi connectivity index (χ0v) is 19.8. The van der Waals surface area contributed by atoms with Crippen LogP contribution >= 0.6 is 11.3 Å². The first-order valence-electron chi connectivity index (χ1n) is 11.2. The molecule has 1 aromatic heterocycles. The molecule has 8 heteroatoms. The van der Waals surface area contributed by atoms with Crippen LogP contribution in [0.15, 0.2) is 6.07 Å². The molecule has 1 aliphatic heterocycles. The number of rotatable bonds is 6. The fourth-order valence-electron chi connectivity index (χ4n) is 4.18. The number of nitrogens with zero attached hydrogens (tertiary/aromatic N) is 2. The van der Waals surface area contributed by atoms with Crippen LogP contribution in [0.5, 0.6) is 0 Å². The van der Waals surface area contributed by atoms with E-state index >= 15 is 0 Å². The Morgan fingerprint density at radius 1 is 1.19 bits per heavy atom. The molecule has 172 valence electrons. The van der Waals surface area contributed by atoms with Gasteiger partial charge < -0.3 is 19.3 Å². The van der Waals surface area contributed by atoms with Gasteiger partial charge in [0.1, 0.15) is 11.4 Å². The molecular weight excluding hydrogens is 416 g/mol. The summed E-state index contributed by atoms with van der Waals surface area (Å²) in [5.74, 6) is 0.0412. The van der Waals surface area contributed by atoms with Crippen molar-refractivity contribution in [3.05, 3.63) is 15.8 Å². The molecule has 1 aliphatic carbocycles. The lowest BCUT2D eigenvalue weighted by molar-refractivity contribution is -0.135. The second-order valence-electron chi connectivity index (χ2n) is 8.88. The molecular formula is C23H34N2O5S. The van der Waals surface area contributed by atoms with Gasteiger partial charge in [-0.05, 0) is 43.6 Å². The number of ether oxygens (including phenoxy) is 2. The number of anilines is 1. The van der Waals surface area contributed by atoms with E-state index < -0.39 is 5.97 Å². The minimum absolute atomic E-state index is 0.0632. The van der Waals surface area contributed by atoms with Crippen LogP contribution in [0.2, 0.25) is 0 Å². The molecule has 0 unspecified atom stereocenters. The first kappa shape index (κ1) is 23.7. The Labute approximate surface area is 188 Å².